The summed E-state index contributed by atoms with van der Waals surface area (Å²) in [7, 11) is 3.05. The van der Waals surface area contributed by atoms with Crippen molar-refractivity contribution in [2.45, 2.75) is 6.92 Å². The number of nitrogens with zero attached hydrogens (tertiary/aromatic N) is 1. The lowest BCUT2D eigenvalue weighted by Gasteiger charge is -2.13. The molecule has 0 spiro atoms. The Bertz CT molecular complexity index is 357. The second-order valence-corrected chi connectivity index (χ2v) is 2.75. The maximum Gasteiger partial charge on any atom is 0.203 e. The summed E-state index contributed by atoms with van der Waals surface area (Å²) in [5.41, 5.74) is 0.479. The highest BCUT2D eigenvalue weighted by molar-refractivity contribution is 5.56. The van der Waals surface area contributed by atoms with Crippen LogP contribution in [0.4, 0.5) is 0 Å². The second kappa shape index (κ2) is 5.11. The molecule has 0 N–H and O–H groups in total. The van der Waals surface area contributed by atoms with E-state index in [-0.39, 0.29) is 0 Å². The molecule has 1 aromatic rings. The number of hydrogen-bond acceptors (Lipinski definition) is 4. The molecule has 0 aliphatic rings. The van der Waals surface area contributed by atoms with E-state index in [0.717, 1.165) is 0 Å². The van der Waals surface area contributed by atoms with Crippen molar-refractivity contribution < 1.29 is 14.2 Å². The van der Waals surface area contributed by atoms with Crippen LogP contribution in [0.5, 0.6) is 17.2 Å². The molecule has 0 aliphatic heterocycles. The van der Waals surface area contributed by atoms with Gasteiger partial charge in [-0.05, 0) is 6.92 Å². The zero-order valence-electron chi connectivity index (χ0n) is 9.03. The second-order valence-electron chi connectivity index (χ2n) is 2.75. The fourth-order valence-electron chi connectivity index (χ4n) is 1.23. The molecule has 0 fully saturated rings. The summed E-state index contributed by atoms with van der Waals surface area (Å²) in [5.74, 6) is 1.54. The lowest BCUT2D eigenvalue weighted by atomic mass is 10.2. The summed E-state index contributed by atoms with van der Waals surface area (Å²) in [5, 5.41) is 8.80. The van der Waals surface area contributed by atoms with Gasteiger partial charge in [0.25, 0.3) is 0 Å². The first-order valence-electron chi connectivity index (χ1n) is 4.55. The summed E-state index contributed by atoms with van der Waals surface area (Å²) in [6, 6.07) is 5.27. The smallest absolute Gasteiger partial charge is 0.203 e. The molecule has 0 bridgehead atoms. The van der Waals surface area contributed by atoms with Gasteiger partial charge in [0.1, 0.15) is 0 Å². The monoisotopic (exact) mass is 207 g/mol. The first-order chi connectivity index (χ1) is 7.26. The van der Waals surface area contributed by atoms with E-state index in [9.17, 15) is 0 Å². The quantitative estimate of drug-likeness (QED) is 0.757. The number of nitriles is 1. The van der Waals surface area contributed by atoms with Gasteiger partial charge in [0, 0.05) is 12.1 Å². The number of ether oxygens (including phenoxy) is 3. The molecule has 0 unspecified atom stereocenters. The lowest BCUT2D eigenvalue weighted by Crippen LogP contribution is -1.99. The molecule has 15 heavy (non-hydrogen) atoms. The lowest BCUT2D eigenvalue weighted by molar-refractivity contribution is 0.288. The summed E-state index contributed by atoms with van der Waals surface area (Å²) in [6.07, 6.45) is 0. The van der Waals surface area contributed by atoms with Gasteiger partial charge in [0.15, 0.2) is 11.5 Å². The first kappa shape index (κ1) is 11.2. The highest BCUT2D eigenvalue weighted by atomic mass is 16.5. The van der Waals surface area contributed by atoms with Crippen molar-refractivity contribution in [3.05, 3.63) is 17.7 Å². The summed E-state index contributed by atoms with van der Waals surface area (Å²) >= 11 is 0. The van der Waals surface area contributed by atoms with Gasteiger partial charge in [-0.2, -0.15) is 5.26 Å². The van der Waals surface area contributed by atoms with Crippen molar-refractivity contribution in [2.24, 2.45) is 0 Å². The first-order valence-corrected chi connectivity index (χ1v) is 4.55. The Kier molecular flexibility index (Phi) is 3.81. The summed E-state index contributed by atoms with van der Waals surface area (Å²) in [4.78, 5) is 0. The van der Waals surface area contributed by atoms with Crippen LogP contribution < -0.4 is 14.2 Å². The van der Waals surface area contributed by atoms with Crippen LogP contribution in [0.25, 0.3) is 0 Å². The molecule has 4 nitrogen and oxygen atoms in total. The van der Waals surface area contributed by atoms with Crippen LogP contribution in [-0.2, 0) is 0 Å². The van der Waals surface area contributed by atoms with Crippen LogP contribution in [0.3, 0.4) is 0 Å². The van der Waals surface area contributed by atoms with Gasteiger partial charge in [-0.15, -0.1) is 0 Å². The maximum atomic E-state index is 8.80. The number of hydrogen-bond donors (Lipinski definition) is 0. The fourth-order valence-corrected chi connectivity index (χ4v) is 1.23. The summed E-state index contributed by atoms with van der Waals surface area (Å²) in [6.45, 7) is 2.38. The molecule has 80 valence electrons. The SMILES string of the molecule is CCOc1c(OC)cc(C#N)cc1OC. The number of methoxy groups -OCH3 is 2. The van der Waals surface area contributed by atoms with Gasteiger partial charge in [-0.25, -0.2) is 0 Å². The Balaban J connectivity index is 3.27. The van der Waals surface area contributed by atoms with E-state index in [0.29, 0.717) is 29.4 Å². The van der Waals surface area contributed by atoms with Crippen molar-refractivity contribution in [1.82, 2.24) is 0 Å². The third-order valence-corrected chi connectivity index (χ3v) is 1.88. The van der Waals surface area contributed by atoms with E-state index in [1.54, 1.807) is 12.1 Å². The summed E-state index contributed by atoms with van der Waals surface area (Å²) < 4.78 is 15.6. The molecule has 0 radical (unpaired) electrons. The van der Waals surface area contributed by atoms with Gasteiger partial charge >= 0.3 is 0 Å². The van der Waals surface area contributed by atoms with Gasteiger partial charge in [-0.3, -0.25) is 0 Å². The molecule has 0 heterocycles. The molecule has 0 atom stereocenters. The molecule has 4 heteroatoms. The average molecular weight is 207 g/mol. The molecule has 1 rings (SSSR count). The molecular formula is C11H13NO3. The van der Waals surface area contributed by atoms with Gasteiger partial charge < -0.3 is 14.2 Å². The van der Waals surface area contributed by atoms with Gasteiger partial charge in [-0.1, -0.05) is 0 Å². The zero-order valence-corrected chi connectivity index (χ0v) is 9.03. The molecule has 0 saturated carbocycles. The third-order valence-electron chi connectivity index (χ3n) is 1.88. The van der Waals surface area contributed by atoms with Gasteiger partial charge in [0.05, 0.1) is 32.5 Å². The van der Waals surface area contributed by atoms with E-state index in [2.05, 4.69) is 0 Å². The molecular weight excluding hydrogens is 194 g/mol. The Morgan fingerprint density at radius 1 is 1.20 bits per heavy atom. The highest BCUT2D eigenvalue weighted by Crippen LogP contribution is 2.38. The standard InChI is InChI=1S/C11H13NO3/c1-4-15-11-9(13-2)5-8(7-12)6-10(11)14-3/h5-6H,4H2,1-3H3. The average Bonchev–Trinajstić information content (AvgIpc) is 2.29. The minimum atomic E-state index is 0.479. The highest BCUT2D eigenvalue weighted by Gasteiger charge is 2.13. The third kappa shape index (κ3) is 2.32. The maximum absolute atomic E-state index is 8.80. The van der Waals surface area contributed by atoms with Gasteiger partial charge in [0.2, 0.25) is 5.75 Å². The van der Waals surface area contributed by atoms with E-state index in [1.165, 1.54) is 14.2 Å². The Morgan fingerprint density at radius 3 is 2.07 bits per heavy atom. The van der Waals surface area contributed by atoms with E-state index in [4.69, 9.17) is 19.5 Å². The molecule has 0 aromatic heterocycles. The molecule has 0 amide bonds. The predicted molar refractivity (Wildman–Crippen MR) is 55.4 cm³/mol. The van der Waals surface area contributed by atoms with Crippen LogP contribution in [-0.4, -0.2) is 20.8 Å². The van der Waals surface area contributed by atoms with Crippen LogP contribution >= 0.6 is 0 Å². The van der Waals surface area contributed by atoms with Crippen molar-refractivity contribution in [3.63, 3.8) is 0 Å². The van der Waals surface area contributed by atoms with Crippen molar-refractivity contribution in [1.29, 1.82) is 5.26 Å². The topological polar surface area (TPSA) is 51.5 Å². The van der Waals surface area contributed by atoms with Crippen molar-refractivity contribution in [3.8, 4) is 23.3 Å². The zero-order chi connectivity index (χ0) is 11.3. The number of benzene rings is 1. The Labute approximate surface area is 89.0 Å². The largest absolute Gasteiger partial charge is 0.493 e. The van der Waals surface area contributed by atoms with E-state index in [1.807, 2.05) is 13.0 Å². The van der Waals surface area contributed by atoms with Crippen LogP contribution in [0, 0.1) is 11.3 Å². The Hall–Kier alpha value is -1.89. The van der Waals surface area contributed by atoms with E-state index < -0.39 is 0 Å². The van der Waals surface area contributed by atoms with Crippen LogP contribution in [0.15, 0.2) is 12.1 Å². The Morgan fingerprint density at radius 2 is 1.73 bits per heavy atom. The predicted octanol–water partition coefficient (Wildman–Crippen LogP) is 1.97. The fraction of sp³-hybridized carbons (Fsp3) is 0.364. The molecule has 0 aliphatic carbocycles. The van der Waals surface area contributed by atoms with Crippen molar-refractivity contribution in [2.75, 3.05) is 20.8 Å². The minimum absolute atomic E-state index is 0.479. The van der Waals surface area contributed by atoms with Crippen LogP contribution in [0.2, 0.25) is 0 Å². The molecule has 1 aromatic carbocycles. The van der Waals surface area contributed by atoms with E-state index >= 15 is 0 Å². The normalized spacial score (nSPS) is 9.20. The minimum Gasteiger partial charge on any atom is -0.493 e. The molecule has 0 saturated heterocycles. The van der Waals surface area contributed by atoms with Crippen LogP contribution in [0.1, 0.15) is 12.5 Å². The number of rotatable bonds is 4. The van der Waals surface area contributed by atoms with Crippen molar-refractivity contribution >= 4 is 0 Å².